The van der Waals surface area contributed by atoms with Crippen molar-refractivity contribution >= 4 is 11.0 Å². The molecule has 3 rings (SSSR count). The van der Waals surface area contributed by atoms with Gasteiger partial charge >= 0.3 is 5.56 Å². The second kappa shape index (κ2) is 5.01. The lowest BCUT2D eigenvalue weighted by Gasteiger charge is -2.15. The van der Waals surface area contributed by atoms with Crippen molar-refractivity contribution in [3.63, 3.8) is 0 Å². The quantitative estimate of drug-likeness (QED) is 0.718. The number of pyridine rings is 1. The molecule has 0 amide bonds. The van der Waals surface area contributed by atoms with Gasteiger partial charge in [-0.15, -0.1) is 4.73 Å². The predicted molar refractivity (Wildman–Crippen MR) is 77.7 cm³/mol. The van der Waals surface area contributed by atoms with Crippen LogP contribution in [-0.4, -0.2) is 30.6 Å². The third-order valence-corrected chi connectivity index (χ3v) is 2.85. The Bertz CT molecular complexity index is 836. The molecule has 0 radical (unpaired) electrons. The van der Waals surface area contributed by atoms with Gasteiger partial charge < -0.3 is 4.84 Å². The standard InChI is InChI=1S/C14H15N5O2/c1-9(2)21-19-13(10-5-4-6-15-7-10)16-11-8-18(3)17-12(11)14(19)20/h4-9H,1-3H3. The van der Waals surface area contributed by atoms with E-state index in [1.807, 2.05) is 19.9 Å². The molecule has 0 aliphatic carbocycles. The lowest BCUT2D eigenvalue weighted by molar-refractivity contribution is 0.0553. The Morgan fingerprint density at radius 3 is 2.81 bits per heavy atom. The van der Waals surface area contributed by atoms with E-state index in [4.69, 9.17) is 4.84 Å². The molecule has 7 heteroatoms. The SMILES string of the molecule is CC(C)On1c(-c2cccnc2)nc2cn(C)nc2c1=O. The van der Waals surface area contributed by atoms with Crippen LogP contribution in [0.3, 0.4) is 0 Å². The van der Waals surface area contributed by atoms with Gasteiger partial charge in [0.05, 0.1) is 6.20 Å². The molecule has 0 fully saturated rings. The van der Waals surface area contributed by atoms with E-state index < -0.39 is 0 Å². The summed E-state index contributed by atoms with van der Waals surface area (Å²) in [5.74, 6) is 0.419. The zero-order chi connectivity index (χ0) is 15.0. The Morgan fingerprint density at radius 2 is 2.14 bits per heavy atom. The highest BCUT2D eigenvalue weighted by Crippen LogP contribution is 2.16. The lowest BCUT2D eigenvalue weighted by Crippen LogP contribution is -2.33. The van der Waals surface area contributed by atoms with E-state index in [0.717, 1.165) is 0 Å². The average molecular weight is 285 g/mol. The van der Waals surface area contributed by atoms with Crippen molar-refractivity contribution in [3.8, 4) is 11.4 Å². The van der Waals surface area contributed by atoms with E-state index >= 15 is 0 Å². The topological polar surface area (TPSA) is 74.8 Å². The van der Waals surface area contributed by atoms with Crippen LogP contribution in [0.25, 0.3) is 22.4 Å². The second-order valence-corrected chi connectivity index (χ2v) is 4.97. The van der Waals surface area contributed by atoms with Crippen LogP contribution in [0.4, 0.5) is 0 Å². The van der Waals surface area contributed by atoms with Crippen molar-refractivity contribution in [1.29, 1.82) is 0 Å². The molecular formula is C14H15N5O2. The van der Waals surface area contributed by atoms with Crippen molar-refractivity contribution in [2.24, 2.45) is 7.05 Å². The fourth-order valence-corrected chi connectivity index (χ4v) is 2.05. The number of aromatic nitrogens is 5. The van der Waals surface area contributed by atoms with E-state index in [-0.39, 0.29) is 17.2 Å². The first kappa shape index (κ1) is 13.3. The molecule has 108 valence electrons. The number of nitrogens with zero attached hydrogens (tertiary/aromatic N) is 5. The minimum Gasteiger partial charge on any atom is -0.406 e. The summed E-state index contributed by atoms with van der Waals surface area (Å²) in [7, 11) is 1.75. The van der Waals surface area contributed by atoms with Gasteiger partial charge in [-0.2, -0.15) is 5.10 Å². The molecule has 3 aromatic heterocycles. The molecule has 0 aromatic carbocycles. The second-order valence-electron chi connectivity index (χ2n) is 4.97. The molecule has 0 saturated carbocycles. The van der Waals surface area contributed by atoms with Gasteiger partial charge in [0.25, 0.3) is 0 Å². The van der Waals surface area contributed by atoms with Gasteiger partial charge in [-0.1, -0.05) is 0 Å². The molecule has 0 aliphatic heterocycles. The Morgan fingerprint density at radius 1 is 1.33 bits per heavy atom. The summed E-state index contributed by atoms with van der Waals surface area (Å²) in [5, 5.41) is 4.14. The van der Waals surface area contributed by atoms with Gasteiger partial charge in [0, 0.05) is 25.0 Å². The molecule has 0 bridgehead atoms. The minimum absolute atomic E-state index is 0.166. The summed E-state index contributed by atoms with van der Waals surface area (Å²) in [6.45, 7) is 3.70. The smallest absolute Gasteiger partial charge is 0.315 e. The van der Waals surface area contributed by atoms with Crippen LogP contribution in [0, 0.1) is 0 Å². The van der Waals surface area contributed by atoms with Crippen molar-refractivity contribution in [1.82, 2.24) is 24.5 Å². The van der Waals surface area contributed by atoms with Crippen molar-refractivity contribution in [2.75, 3.05) is 0 Å². The van der Waals surface area contributed by atoms with Crippen LogP contribution in [-0.2, 0) is 7.05 Å². The molecule has 0 N–H and O–H groups in total. The fourth-order valence-electron chi connectivity index (χ4n) is 2.05. The number of rotatable bonds is 3. The highest BCUT2D eigenvalue weighted by atomic mass is 16.7. The highest BCUT2D eigenvalue weighted by molar-refractivity contribution is 5.75. The zero-order valence-electron chi connectivity index (χ0n) is 12.0. The lowest BCUT2D eigenvalue weighted by atomic mass is 10.2. The summed E-state index contributed by atoms with van der Waals surface area (Å²) in [6, 6.07) is 3.62. The average Bonchev–Trinajstić information content (AvgIpc) is 2.83. The zero-order valence-corrected chi connectivity index (χ0v) is 12.0. The summed E-state index contributed by atoms with van der Waals surface area (Å²) in [5.41, 5.74) is 1.20. The van der Waals surface area contributed by atoms with Gasteiger partial charge in [-0.3, -0.25) is 14.5 Å². The molecule has 0 aliphatic rings. The van der Waals surface area contributed by atoms with Crippen molar-refractivity contribution in [2.45, 2.75) is 20.0 Å². The predicted octanol–water partition coefficient (Wildman–Crippen LogP) is 1.03. The van der Waals surface area contributed by atoms with Crippen LogP contribution in [0.5, 0.6) is 0 Å². The molecule has 0 spiro atoms. The van der Waals surface area contributed by atoms with Crippen LogP contribution in [0.2, 0.25) is 0 Å². The first-order valence-electron chi connectivity index (χ1n) is 6.60. The normalized spacial score (nSPS) is 11.2. The molecule has 7 nitrogen and oxygen atoms in total. The van der Waals surface area contributed by atoms with E-state index in [0.29, 0.717) is 16.9 Å². The maximum Gasteiger partial charge on any atom is 0.315 e. The van der Waals surface area contributed by atoms with Gasteiger partial charge in [-0.05, 0) is 26.0 Å². The molecule has 0 atom stereocenters. The van der Waals surface area contributed by atoms with Crippen LogP contribution < -0.4 is 10.4 Å². The van der Waals surface area contributed by atoms with Crippen molar-refractivity contribution in [3.05, 3.63) is 41.1 Å². The number of aryl methyl sites for hydroxylation is 1. The molecule has 3 heterocycles. The minimum atomic E-state index is -0.326. The van der Waals surface area contributed by atoms with E-state index in [2.05, 4.69) is 15.1 Å². The maximum absolute atomic E-state index is 12.6. The number of hydrogen-bond donors (Lipinski definition) is 0. The van der Waals surface area contributed by atoms with Gasteiger partial charge in [0.15, 0.2) is 11.3 Å². The summed E-state index contributed by atoms with van der Waals surface area (Å²) in [6.07, 6.45) is 4.85. The van der Waals surface area contributed by atoms with Crippen LogP contribution in [0.15, 0.2) is 35.5 Å². The number of hydrogen-bond acceptors (Lipinski definition) is 5. The first-order valence-corrected chi connectivity index (χ1v) is 6.60. The Kier molecular flexibility index (Phi) is 3.17. The van der Waals surface area contributed by atoms with Gasteiger partial charge in [-0.25, -0.2) is 4.98 Å². The van der Waals surface area contributed by atoms with E-state index in [9.17, 15) is 4.79 Å². The highest BCUT2D eigenvalue weighted by Gasteiger charge is 2.17. The fraction of sp³-hybridized carbons (Fsp3) is 0.286. The Balaban J connectivity index is 2.33. The van der Waals surface area contributed by atoms with E-state index in [1.165, 1.54) is 4.73 Å². The summed E-state index contributed by atoms with van der Waals surface area (Å²) < 4.78 is 2.75. The monoisotopic (exact) mass is 285 g/mol. The molecule has 0 unspecified atom stereocenters. The Hall–Kier alpha value is -2.70. The maximum atomic E-state index is 12.6. The van der Waals surface area contributed by atoms with Gasteiger partial charge in [0.1, 0.15) is 11.6 Å². The van der Waals surface area contributed by atoms with Crippen LogP contribution >= 0.6 is 0 Å². The first-order chi connectivity index (χ1) is 10.1. The molecule has 0 saturated heterocycles. The number of fused-ring (bicyclic) bond motifs is 1. The molecule has 21 heavy (non-hydrogen) atoms. The van der Waals surface area contributed by atoms with Gasteiger partial charge in [0.2, 0.25) is 0 Å². The molecule has 3 aromatic rings. The van der Waals surface area contributed by atoms with Crippen molar-refractivity contribution < 1.29 is 4.84 Å². The Labute approximate surface area is 120 Å². The van der Waals surface area contributed by atoms with E-state index in [1.54, 1.807) is 36.4 Å². The third-order valence-electron chi connectivity index (χ3n) is 2.85. The molecular weight excluding hydrogens is 270 g/mol. The largest absolute Gasteiger partial charge is 0.406 e. The summed E-state index contributed by atoms with van der Waals surface area (Å²) >= 11 is 0. The summed E-state index contributed by atoms with van der Waals surface area (Å²) in [4.78, 5) is 26.7. The van der Waals surface area contributed by atoms with Crippen LogP contribution in [0.1, 0.15) is 13.8 Å². The third kappa shape index (κ3) is 2.37.